The first-order valence-electron chi connectivity index (χ1n) is 8.37. The molecule has 0 amide bonds. The van der Waals surface area contributed by atoms with Crippen LogP contribution in [0.1, 0.15) is 45.4 Å². The Morgan fingerprint density at radius 2 is 2.16 bits per heavy atom. The molecule has 1 N–H and O–H groups in total. The molecular weight excluding hydrogens is 236 g/mol. The lowest BCUT2D eigenvalue weighted by molar-refractivity contribution is -0.00235. The van der Waals surface area contributed by atoms with E-state index in [0.717, 1.165) is 24.4 Å². The molecule has 2 saturated heterocycles. The highest BCUT2D eigenvalue weighted by molar-refractivity contribution is 5.05. The van der Waals surface area contributed by atoms with E-state index < -0.39 is 0 Å². The molecule has 1 aliphatic carbocycles. The van der Waals surface area contributed by atoms with Gasteiger partial charge in [0.1, 0.15) is 0 Å². The van der Waals surface area contributed by atoms with Gasteiger partial charge in [0.2, 0.25) is 0 Å². The van der Waals surface area contributed by atoms with Crippen LogP contribution in [0.25, 0.3) is 0 Å². The third kappa shape index (κ3) is 3.32. The lowest BCUT2D eigenvalue weighted by Gasteiger charge is -2.33. The largest absolute Gasteiger partial charge is 0.377 e. The minimum atomic E-state index is 0.511. The minimum Gasteiger partial charge on any atom is -0.377 e. The van der Waals surface area contributed by atoms with Crippen molar-refractivity contribution in [1.82, 2.24) is 10.2 Å². The monoisotopic (exact) mass is 266 g/mol. The van der Waals surface area contributed by atoms with Crippen molar-refractivity contribution in [1.29, 1.82) is 0 Å². The Hall–Kier alpha value is -0.120. The Balaban J connectivity index is 1.43. The highest BCUT2D eigenvalue weighted by Gasteiger charge is 2.53. The van der Waals surface area contributed by atoms with Crippen LogP contribution in [0, 0.1) is 11.3 Å². The van der Waals surface area contributed by atoms with Crippen molar-refractivity contribution in [3.63, 3.8) is 0 Å². The summed E-state index contributed by atoms with van der Waals surface area (Å²) in [6.07, 6.45) is 8.59. The average molecular weight is 266 g/mol. The fourth-order valence-corrected chi connectivity index (χ4v) is 4.14. The molecule has 19 heavy (non-hydrogen) atoms. The van der Waals surface area contributed by atoms with Crippen molar-refractivity contribution < 1.29 is 4.74 Å². The van der Waals surface area contributed by atoms with Gasteiger partial charge in [-0.2, -0.15) is 0 Å². The number of nitrogens with zero attached hydrogens (tertiary/aromatic N) is 1. The number of nitrogens with one attached hydrogen (secondary N) is 1. The van der Waals surface area contributed by atoms with Crippen LogP contribution in [0.15, 0.2) is 0 Å². The fourth-order valence-electron chi connectivity index (χ4n) is 4.14. The molecule has 3 aliphatic rings. The summed E-state index contributed by atoms with van der Waals surface area (Å²) in [5.74, 6) is 0.986. The topological polar surface area (TPSA) is 24.5 Å². The normalized spacial score (nSPS) is 34.6. The van der Waals surface area contributed by atoms with Crippen LogP contribution in [-0.2, 0) is 4.74 Å². The molecular formula is C16H30N2O. The molecule has 2 unspecified atom stereocenters. The van der Waals surface area contributed by atoms with Crippen LogP contribution < -0.4 is 5.32 Å². The molecule has 0 aromatic rings. The van der Waals surface area contributed by atoms with Crippen molar-refractivity contribution >= 4 is 0 Å². The number of hydrogen-bond acceptors (Lipinski definition) is 3. The van der Waals surface area contributed by atoms with Gasteiger partial charge in [0.15, 0.2) is 0 Å². The lowest BCUT2D eigenvalue weighted by atomic mass is 9.91. The van der Waals surface area contributed by atoms with Gasteiger partial charge in [0.05, 0.1) is 6.10 Å². The van der Waals surface area contributed by atoms with Crippen LogP contribution in [0.2, 0.25) is 0 Å². The van der Waals surface area contributed by atoms with Gasteiger partial charge in [-0.05, 0) is 69.5 Å². The summed E-state index contributed by atoms with van der Waals surface area (Å²) in [5, 5.41) is 3.50. The second-order valence-corrected chi connectivity index (χ2v) is 6.91. The van der Waals surface area contributed by atoms with Crippen molar-refractivity contribution in [2.75, 3.05) is 39.3 Å². The fraction of sp³-hybridized carbons (Fsp3) is 1.00. The summed E-state index contributed by atoms with van der Waals surface area (Å²) in [4.78, 5) is 2.69. The maximum Gasteiger partial charge on any atom is 0.0702 e. The number of ether oxygens (including phenoxy) is 1. The first-order chi connectivity index (χ1) is 9.32. The molecule has 3 fully saturated rings. The van der Waals surface area contributed by atoms with Gasteiger partial charge in [-0.3, -0.25) is 0 Å². The first-order valence-corrected chi connectivity index (χ1v) is 8.37. The van der Waals surface area contributed by atoms with Crippen molar-refractivity contribution in [3.8, 4) is 0 Å². The summed E-state index contributed by atoms with van der Waals surface area (Å²) in [6.45, 7) is 9.47. The van der Waals surface area contributed by atoms with E-state index >= 15 is 0 Å². The quantitative estimate of drug-likeness (QED) is 0.826. The molecule has 2 atom stereocenters. The van der Waals surface area contributed by atoms with Crippen LogP contribution in [0.5, 0.6) is 0 Å². The van der Waals surface area contributed by atoms with E-state index in [-0.39, 0.29) is 0 Å². The SMILES string of the molecule is CCCOC1CCCN(CC2CC23CCNCC3)C1. The molecule has 110 valence electrons. The standard InChI is InChI=1S/C16H30N2O/c1-2-10-19-15-4-3-9-18(13-15)12-14-11-16(14)5-7-17-8-6-16/h14-15,17H,2-13H2,1H3. The molecule has 2 heterocycles. The summed E-state index contributed by atoms with van der Waals surface area (Å²) in [5.41, 5.74) is 0.739. The Bertz CT molecular complexity index is 288. The highest BCUT2D eigenvalue weighted by Crippen LogP contribution is 2.58. The zero-order valence-electron chi connectivity index (χ0n) is 12.5. The molecule has 3 heteroatoms. The van der Waals surface area contributed by atoms with Gasteiger partial charge < -0.3 is 15.0 Å². The third-order valence-corrected chi connectivity index (χ3v) is 5.46. The Morgan fingerprint density at radius 1 is 1.32 bits per heavy atom. The first kappa shape index (κ1) is 13.8. The van der Waals surface area contributed by atoms with Gasteiger partial charge in [-0.25, -0.2) is 0 Å². The van der Waals surface area contributed by atoms with E-state index in [9.17, 15) is 0 Å². The predicted molar refractivity (Wildman–Crippen MR) is 78.3 cm³/mol. The Morgan fingerprint density at radius 3 is 2.95 bits per heavy atom. The zero-order valence-corrected chi connectivity index (χ0v) is 12.5. The average Bonchev–Trinajstić information content (AvgIpc) is 3.09. The summed E-state index contributed by atoms with van der Waals surface area (Å²) in [7, 11) is 0. The van der Waals surface area contributed by atoms with Crippen molar-refractivity contribution in [2.45, 2.75) is 51.6 Å². The van der Waals surface area contributed by atoms with E-state index in [1.165, 1.54) is 64.8 Å². The van der Waals surface area contributed by atoms with E-state index in [1.807, 2.05) is 0 Å². The molecule has 1 saturated carbocycles. The maximum atomic E-state index is 5.95. The van der Waals surface area contributed by atoms with Crippen molar-refractivity contribution in [2.24, 2.45) is 11.3 Å². The zero-order chi connectivity index (χ0) is 13.1. The molecule has 2 aliphatic heterocycles. The maximum absolute atomic E-state index is 5.95. The van der Waals surface area contributed by atoms with E-state index in [2.05, 4.69) is 17.1 Å². The number of rotatable bonds is 5. The summed E-state index contributed by atoms with van der Waals surface area (Å²) < 4.78 is 5.95. The van der Waals surface area contributed by atoms with Crippen LogP contribution >= 0.6 is 0 Å². The highest BCUT2D eigenvalue weighted by atomic mass is 16.5. The molecule has 1 spiro atoms. The molecule has 0 aromatic carbocycles. The third-order valence-electron chi connectivity index (χ3n) is 5.46. The molecule has 3 nitrogen and oxygen atoms in total. The lowest BCUT2D eigenvalue weighted by Crippen LogP contribution is -2.41. The van der Waals surface area contributed by atoms with E-state index in [1.54, 1.807) is 0 Å². The second kappa shape index (κ2) is 6.11. The van der Waals surface area contributed by atoms with Gasteiger partial charge >= 0.3 is 0 Å². The predicted octanol–water partition coefficient (Wildman–Crippen LogP) is 2.27. The van der Waals surface area contributed by atoms with Crippen molar-refractivity contribution in [3.05, 3.63) is 0 Å². The second-order valence-electron chi connectivity index (χ2n) is 6.91. The Labute approximate surface area is 118 Å². The molecule has 0 aromatic heterocycles. The van der Waals surface area contributed by atoms with Gasteiger partial charge in [-0.1, -0.05) is 6.92 Å². The van der Waals surface area contributed by atoms with Gasteiger partial charge in [0, 0.05) is 19.7 Å². The van der Waals surface area contributed by atoms with Gasteiger partial charge in [-0.15, -0.1) is 0 Å². The van der Waals surface area contributed by atoms with E-state index in [4.69, 9.17) is 4.74 Å². The molecule has 0 bridgehead atoms. The minimum absolute atomic E-state index is 0.511. The molecule has 0 radical (unpaired) electrons. The van der Waals surface area contributed by atoms with Crippen LogP contribution in [0.4, 0.5) is 0 Å². The van der Waals surface area contributed by atoms with Crippen LogP contribution in [0.3, 0.4) is 0 Å². The van der Waals surface area contributed by atoms with E-state index in [0.29, 0.717) is 6.10 Å². The summed E-state index contributed by atoms with van der Waals surface area (Å²) in [6, 6.07) is 0. The summed E-state index contributed by atoms with van der Waals surface area (Å²) >= 11 is 0. The number of likely N-dealkylation sites (tertiary alicyclic amines) is 1. The number of hydrogen-bond donors (Lipinski definition) is 1. The van der Waals surface area contributed by atoms with Crippen LogP contribution in [-0.4, -0.2) is 50.3 Å². The number of piperidine rings is 2. The molecule has 3 rings (SSSR count). The smallest absolute Gasteiger partial charge is 0.0702 e. The Kier molecular flexibility index (Phi) is 4.45. The van der Waals surface area contributed by atoms with Gasteiger partial charge in [0.25, 0.3) is 0 Å².